The van der Waals surface area contributed by atoms with Gasteiger partial charge >= 0.3 is 0 Å². The zero-order valence-corrected chi connectivity index (χ0v) is 10.0. The molecule has 0 heterocycles. The molecule has 0 aliphatic heterocycles. The number of ether oxygens (including phenoxy) is 1. The summed E-state index contributed by atoms with van der Waals surface area (Å²) in [6, 6.07) is 3.13. The van der Waals surface area contributed by atoms with E-state index in [0.29, 0.717) is 12.1 Å². The van der Waals surface area contributed by atoms with Gasteiger partial charge in [-0.2, -0.15) is 0 Å². The predicted molar refractivity (Wildman–Crippen MR) is 62.6 cm³/mol. The van der Waals surface area contributed by atoms with Crippen molar-refractivity contribution < 1.29 is 13.5 Å². The standard InChI is InChI=1S/C12H18F2N2O/c1-8(17-2)7-16-12(6-15)9-3-10(13)5-11(14)4-9/h3-5,8,12,16H,6-7,15H2,1-2H3. The second-order valence-electron chi connectivity index (χ2n) is 3.95. The van der Waals surface area contributed by atoms with Crippen LogP contribution >= 0.6 is 0 Å². The van der Waals surface area contributed by atoms with Gasteiger partial charge in [0, 0.05) is 32.3 Å². The minimum absolute atomic E-state index is 0.0162. The summed E-state index contributed by atoms with van der Waals surface area (Å²) in [6.45, 7) is 2.72. The van der Waals surface area contributed by atoms with Gasteiger partial charge in [0.1, 0.15) is 11.6 Å². The molecule has 17 heavy (non-hydrogen) atoms. The van der Waals surface area contributed by atoms with Gasteiger partial charge in [0.25, 0.3) is 0 Å². The maximum absolute atomic E-state index is 13.1. The van der Waals surface area contributed by atoms with Crippen LogP contribution in [0.25, 0.3) is 0 Å². The smallest absolute Gasteiger partial charge is 0.126 e. The Bertz CT molecular complexity index is 340. The highest BCUT2D eigenvalue weighted by Crippen LogP contribution is 2.15. The third kappa shape index (κ3) is 4.38. The third-order valence-corrected chi connectivity index (χ3v) is 2.58. The van der Waals surface area contributed by atoms with E-state index in [4.69, 9.17) is 10.5 Å². The van der Waals surface area contributed by atoms with Crippen LogP contribution in [0.2, 0.25) is 0 Å². The second kappa shape index (κ2) is 6.64. The van der Waals surface area contributed by atoms with E-state index in [0.717, 1.165) is 6.07 Å². The van der Waals surface area contributed by atoms with Crippen molar-refractivity contribution >= 4 is 0 Å². The average molecular weight is 244 g/mol. The fourth-order valence-corrected chi connectivity index (χ4v) is 1.51. The van der Waals surface area contributed by atoms with Gasteiger partial charge in [-0.1, -0.05) is 0 Å². The molecule has 3 nitrogen and oxygen atoms in total. The maximum Gasteiger partial charge on any atom is 0.126 e. The van der Waals surface area contributed by atoms with Crippen LogP contribution < -0.4 is 11.1 Å². The van der Waals surface area contributed by atoms with Crippen molar-refractivity contribution in [3.8, 4) is 0 Å². The van der Waals surface area contributed by atoms with Gasteiger partial charge in [-0.15, -0.1) is 0 Å². The third-order valence-electron chi connectivity index (χ3n) is 2.58. The summed E-state index contributed by atoms with van der Waals surface area (Å²) in [5.74, 6) is -1.19. The van der Waals surface area contributed by atoms with Crippen LogP contribution in [0.15, 0.2) is 18.2 Å². The van der Waals surface area contributed by atoms with Gasteiger partial charge in [-0.25, -0.2) is 8.78 Å². The highest BCUT2D eigenvalue weighted by Gasteiger charge is 2.12. The highest BCUT2D eigenvalue weighted by atomic mass is 19.1. The van der Waals surface area contributed by atoms with Crippen LogP contribution in [-0.2, 0) is 4.74 Å². The maximum atomic E-state index is 13.1. The van der Waals surface area contributed by atoms with Crippen LogP contribution in [0.4, 0.5) is 8.78 Å². The fraction of sp³-hybridized carbons (Fsp3) is 0.500. The molecule has 3 N–H and O–H groups in total. The largest absolute Gasteiger partial charge is 0.380 e. The van der Waals surface area contributed by atoms with Crippen molar-refractivity contribution in [2.75, 3.05) is 20.2 Å². The molecule has 0 aliphatic carbocycles. The number of hydrogen-bond acceptors (Lipinski definition) is 3. The highest BCUT2D eigenvalue weighted by molar-refractivity contribution is 5.21. The zero-order valence-electron chi connectivity index (χ0n) is 10.0. The molecule has 0 saturated heterocycles. The molecule has 0 spiro atoms. The SMILES string of the molecule is COC(C)CNC(CN)c1cc(F)cc(F)c1. The van der Waals surface area contributed by atoms with Crippen molar-refractivity contribution in [2.24, 2.45) is 5.73 Å². The van der Waals surface area contributed by atoms with Crippen molar-refractivity contribution in [2.45, 2.75) is 19.1 Å². The van der Waals surface area contributed by atoms with Crippen molar-refractivity contribution in [3.63, 3.8) is 0 Å². The molecular formula is C12H18F2N2O. The lowest BCUT2D eigenvalue weighted by molar-refractivity contribution is 0.114. The quantitative estimate of drug-likeness (QED) is 0.799. The number of nitrogens with two attached hydrogens (primary N) is 1. The molecule has 0 fully saturated rings. The van der Waals surface area contributed by atoms with E-state index >= 15 is 0 Å². The first-order valence-electron chi connectivity index (χ1n) is 5.49. The topological polar surface area (TPSA) is 47.3 Å². The van der Waals surface area contributed by atoms with Crippen LogP contribution in [0.1, 0.15) is 18.5 Å². The van der Waals surface area contributed by atoms with Crippen LogP contribution in [0.5, 0.6) is 0 Å². The number of hydrogen-bond donors (Lipinski definition) is 2. The molecule has 0 radical (unpaired) electrons. The van der Waals surface area contributed by atoms with E-state index in [9.17, 15) is 8.78 Å². The monoisotopic (exact) mass is 244 g/mol. The zero-order chi connectivity index (χ0) is 12.8. The van der Waals surface area contributed by atoms with Gasteiger partial charge in [0.2, 0.25) is 0 Å². The average Bonchev–Trinajstić information content (AvgIpc) is 2.28. The van der Waals surface area contributed by atoms with Crippen molar-refractivity contribution in [3.05, 3.63) is 35.4 Å². The molecule has 5 heteroatoms. The molecule has 1 rings (SSSR count). The Balaban J connectivity index is 2.72. The van der Waals surface area contributed by atoms with E-state index in [-0.39, 0.29) is 18.7 Å². The Labute approximate surface area is 100.0 Å². The molecule has 96 valence electrons. The first kappa shape index (κ1) is 14.0. The Hall–Kier alpha value is -1.04. The Kier molecular flexibility index (Phi) is 5.47. The summed E-state index contributed by atoms with van der Waals surface area (Å²) in [6.07, 6.45) is 0.0162. The normalized spacial score (nSPS) is 14.6. The summed E-state index contributed by atoms with van der Waals surface area (Å²) >= 11 is 0. The van der Waals surface area contributed by atoms with E-state index in [1.807, 2.05) is 6.92 Å². The van der Waals surface area contributed by atoms with Gasteiger partial charge in [0.05, 0.1) is 6.10 Å². The number of rotatable bonds is 6. The molecule has 2 atom stereocenters. The van der Waals surface area contributed by atoms with Crippen molar-refractivity contribution in [1.29, 1.82) is 0 Å². The summed E-state index contributed by atoms with van der Waals surface area (Å²) in [5, 5.41) is 3.11. The predicted octanol–water partition coefficient (Wildman–Crippen LogP) is 1.59. The lowest BCUT2D eigenvalue weighted by Crippen LogP contribution is -2.34. The lowest BCUT2D eigenvalue weighted by atomic mass is 10.1. The number of nitrogens with one attached hydrogen (secondary N) is 1. The number of methoxy groups -OCH3 is 1. The lowest BCUT2D eigenvalue weighted by Gasteiger charge is -2.19. The fourth-order valence-electron chi connectivity index (χ4n) is 1.51. The Morgan fingerprint density at radius 1 is 1.29 bits per heavy atom. The van der Waals surface area contributed by atoms with Gasteiger partial charge in [-0.3, -0.25) is 0 Å². The molecule has 0 aliphatic rings. The van der Waals surface area contributed by atoms with Crippen LogP contribution in [0.3, 0.4) is 0 Å². The molecule has 0 bridgehead atoms. The second-order valence-corrected chi connectivity index (χ2v) is 3.95. The van der Waals surface area contributed by atoms with E-state index < -0.39 is 11.6 Å². The van der Waals surface area contributed by atoms with Gasteiger partial charge < -0.3 is 15.8 Å². The molecule has 2 unspecified atom stereocenters. The van der Waals surface area contributed by atoms with Gasteiger partial charge in [0.15, 0.2) is 0 Å². The summed E-state index contributed by atoms with van der Waals surface area (Å²) in [4.78, 5) is 0. The molecule has 1 aromatic rings. The molecule has 0 saturated carbocycles. The Morgan fingerprint density at radius 2 is 1.88 bits per heavy atom. The van der Waals surface area contributed by atoms with E-state index in [1.54, 1.807) is 7.11 Å². The van der Waals surface area contributed by atoms with Gasteiger partial charge in [-0.05, 0) is 24.6 Å². The van der Waals surface area contributed by atoms with Crippen molar-refractivity contribution in [1.82, 2.24) is 5.32 Å². The van der Waals surface area contributed by atoms with Crippen LogP contribution in [0, 0.1) is 11.6 Å². The molecule has 0 aromatic heterocycles. The van der Waals surface area contributed by atoms with Crippen LogP contribution in [-0.4, -0.2) is 26.3 Å². The molecule has 0 amide bonds. The summed E-state index contributed by atoms with van der Waals surface area (Å²) < 4.78 is 31.2. The minimum atomic E-state index is -0.597. The summed E-state index contributed by atoms with van der Waals surface area (Å²) in [7, 11) is 1.60. The molecule has 1 aromatic carbocycles. The minimum Gasteiger partial charge on any atom is -0.380 e. The Morgan fingerprint density at radius 3 is 2.35 bits per heavy atom. The van der Waals surface area contributed by atoms with E-state index in [2.05, 4.69) is 5.32 Å². The number of benzene rings is 1. The first-order chi connectivity index (χ1) is 8.06. The first-order valence-corrected chi connectivity index (χ1v) is 5.49. The number of halogens is 2. The van der Waals surface area contributed by atoms with E-state index in [1.165, 1.54) is 12.1 Å². The molecular weight excluding hydrogens is 226 g/mol. The summed E-state index contributed by atoms with van der Waals surface area (Å²) in [5.41, 5.74) is 6.09.